The molecule has 0 aliphatic carbocycles. The van der Waals surface area contributed by atoms with Gasteiger partial charge < -0.3 is 23.4 Å². The van der Waals surface area contributed by atoms with Gasteiger partial charge in [0.05, 0.1) is 12.7 Å². The molecule has 2 heterocycles. The largest absolute Gasteiger partial charge is 0.414 e. The highest BCUT2D eigenvalue weighted by atomic mass is 28.4. The summed E-state index contributed by atoms with van der Waals surface area (Å²) in [5.41, 5.74) is 0. The molecule has 2 fully saturated rings. The molecule has 0 amide bonds. The van der Waals surface area contributed by atoms with Gasteiger partial charge in [-0.15, -0.1) is 0 Å². The van der Waals surface area contributed by atoms with E-state index in [1.54, 1.807) is 0 Å². The minimum Gasteiger partial charge on any atom is -0.414 e. The number of allylic oxidation sites excluding steroid dienone is 1. The first-order valence-corrected chi connectivity index (χ1v) is 13.5. The van der Waals surface area contributed by atoms with Crippen LogP contribution < -0.4 is 0 Å². The third kappa shape index (κ3) is 5.54. The number of carbonyl (C=O) groups is 1. The minimum atomic E-state index is -1.77. The smallest absolute Gasteiger partial charge is 0.192 e. The topological polar surface area (TPSA) is 54.0 Å². The molecule has 5 nitrogen and oxygen atoms in total. The number of hydrogen-bond acceptors (Lipinski definition) is 5. The zero-order chi connectivity index (χ0) is 21.3. The lowest BCUT2D eigenvalue weighted by Gasteiger charge is -2.39. The Bertz CT molecular complexity index is 566. The van der Waals surface area contributed by atoms with Crippen LogP contribution in [0, 0.1) is 11.8 Å². The fourth-order valence-corrected chi connectivity index (χ4v) is 5.05. The van der Waals surface area contributed by atoms with Crippen LogP contribution in [-0.2, 0) is 23.4 Å². The Hall–Kier alpha value is -0.533. The summed E-state index contributed by atoms with van der Waals surface area (Å²) in [6, 6.07) is 0. The number of rotatable bonds is 7. The number of carbonyl (C=O) groups excluding carboxylic acids is 1. The third-order valence-electron chi connectivity index (χ3n) is 6.49. The number of hydrogen-bond donors (Lipinski definition) is 0. The summed E-state index contributed by atoms with van der Waals surface area (Å²) in [7, 11) is -1.77. The third-order valence-corrected chi connectivity index (χ3v) is 11.1. The molecule has 162 valence electrons. The predicted molar refractivity (Wildman–Crippen MR) is 114 cm³/mol. The maximum atomic E-state index is 11.3. The van der Waals surface area contributed by atoms with Crippen LogP contribution in [0.15, 0.2) is 12.2 Å². The van der Waals surface area contributed by atoms with Gasteiger partial charge in [0.25, 0.3) is 0 Å². The summed E-state index contributed by atoms with van der Waals surface area (Å²) in [6.07, 6.45) is 5.31. The second-order valence-corrected chi connectivity index (χ2v) is 15.1. The number of ether oxygens (including phenoxy) is 3. The molecule has 2 aliphatic heterocycles. The van der Waals surface area contributed by atoms with Crippen LogP contribution in [0.3, 0.4) is 0 Å². The highest BCUT2D eigenvalue weighted by Gasteiger charge is 2.51. The van der Waals surface area contributed by atoms with E-state index in [1.807, 2.05) is 13.8 Å². The molecular formula is C22H40O5Si. The molecule has 0 aromatic rings. The second kappa shape index (κ2) is 8.68. The van der Waals surface area contributed by atoms with Gasteiger partial charge in [-0.25, -0.2) is 0 Å². The zero-order valence-electron chi connectivity index (χ0n) is 19.2. The summed E-state index contributed by atoms with van der Waals surface area (Å²) in [5, 5.41) is 0.209. The fourth-order valence-electron chi connectivity index (χ4n) is 3.55. The van der Waals surface area contributed by atoms with Crippen molar-refractivity contribution in [3.63, 3.8) is 0 Å². The van der Waals surface area contributed by atoms with Crippen molar-refractivity contribution in [1.82, 2.24) is 0 Å². The Morgan fingerprint density at radius 2 is 1.79 bits per heavy atom. The van der Waals surface area contributed by atoms with E-state index < -0.39 is 20.2 Å². The molecule has 2 rings (SSSR count). The van der Waals surface area contributed by atoms with Crippen molar-refractivity contribution in [2.75, 3.05) is 6.61 Å². The molecule has 6 atom stereocenters. The van der Waals surface area contributed by atoms with Gasteiger partial charge in [0, 0.05) is 12.0 Å². The molecule has 2 aliphatic rings. The van der Waals surface area contributed by atoms with Crippen molar-refractivity contribution in [2.45, 2.75) is 103 Å². The van der Waals surface area contributed by atoms with E-state index in [2.05, 4.69) is 59.9 Å². The highest BCUT2D eigenvalue weighted by molar-refractivity contribution is 6.74. The van der Waals surface area contributed by atoms with Gasteiger partial charge in [0.2, 0.25) is 0 Å². The van der Waals surface area contributed by atoms with Crippen molar-refractivity contribution in [3.8, 4) is 0 Å². The first-order chi connectivity index (χ1) is 12.8. The SMILES string of the molecule is C[C@H](/C=C/C[C@@H]1CO[C@@H](C=O)[C@@H]2OC(C)(C)O[C@H]12)[C@H](C)O[Si](C)(C)C(C)(C)C. The van der Waals surface area contributed by atoms with Crippen LogP contribution in [-0.4, -0.2) is 51.4 Å². The van der Waals surface area contributed by atoms with E-state index in [0.29, 0.717) is 12.5 Å². The van der Waals surface area contributed by atoms with Crippen molar-refractivity contribution in [3.05, 3.63) is 12.2 Å². The molecule has 0 aromatic carbocycles. The van der Waals surface area contributed by atoms with Gasteiger partial charge in [0.1, 0.15) is 12.2 Å². The second-order valence-electron chi connectivity index (χ2n) is 10.4. The Balaban J connectivity index is 1.93. The summed E-state index contributed by atoms with van der Waals surface area (Å²) in [5.74, 6) is -0.164. The molecule has 0 N–H and O–H groups in total. The fraction of sp³-hybridized carbons (Fsp3) is 0.864. The lowest BCUT2D eigenvalue weighted by atomic mass is 9.89. The molecule has 28 heavy (non-hydrogen) atoms. The lowest BCUT2D eigenvalue weighted by Crippen LogP contribution is -2.48. The summed E-state index contributed by atoms with van der Waals surface area (Å²) in [6.45, 7) is 20.1. The Labute approximate surface area is 172 Å². The highest BCUT2D eigenvalue weighted by Crippen LogP contribution is 2.39. The summed E-state index contributed by atoms with van der Waals surface area (Å²) >= 11 is 0. The van der Waals surface area contributed by atoms with E-state index >= 15 is 0 Å². The van der Waals surface area contributed by atoms with Crippen LogP contribution in [0.5, 0.6) is 0 Å². The van der Waals surface area contributed by atoms with Crippen molar-refractivity contribution in [1.29, 1.82) is 0 Å². The van der Waals surface area contributed by atoms with Gasteiger partial charge in [0.15, 0.2) is 20.4 Å². The first kappa shape index (κ1) is 23.7. The van der Waals surface area contributed by atoms with Crippen molar-refractivity contribution in [2.24, 2.45) is 11.8 Å². The van der Waals surface area contributed by atoms with E-state index in [9.17, 15) is 4.79 Å². The molecule has 6 heteroatoms. The van der Waals surface area contributed by atoms with Crippen LogP contribution >= 0.6 is 0 Å². The molecule has 0 unspecified atom stereocenters. The standard InChI is InChI=1S/C22H40O5Si/c1-15(16(2)27-28(8,9)21(3,4)5)11-10-12-17-14-24-18(13-23)20-19(17)25-22(6,7)26-20/h10-11,13,15-20H,12,14H2,1-9H3/b11-10+/t15-,16+,17-,18+,19-,20+/m1/s1. The van der Waals surface area contributed by atoms with Crippen LogP contribution in [0.4, 0.5) is 0 Å². The first-order valence-electron chi connectivity index (χ1n) is 10.5. The van der Waals surface area contributed by atoms with Gasteiger partial charge in [-0.05, 0) is 51.2 Å². The molecule has 0 radical (unpaired) electrons. The van der Waals surface area contributed by atoms with Gasteiger partial charge >= 0.3 is 0 Å². The van der Waals surface area contributed by atoms with E-state index in [1.165, 1.54) is 0 Å². The molecular weight excluding hydrogens is 372 g/mol. The minimum absolute atomic E-state index is 0.111. The maximum Gasteiger partial charge on any atom is 0.192 e. The normalized spacial score (nSPS) is 32.9. The van der Waals surface area contributed by atoms with E-state index in [4.69, 9.17) is 18.6 Å². The van der Waals surface area contributed by atoms with E-state index in [-0.39, 0.29) is 29.3 Å². The van der Waals surface area contributed by atoms with Gasteiger partial charge in [-0.2, -0.15) is 0 Å². The van der Waals surface area contributed by atoms with Crippen LogP contribution in [0.1, 0.15) is 54.9 Å². The molecule has 2 saturated heterocycles. The quantitative estimate of drug-likeness (QED) is 0.344. The van der Waals surface area contributed by atoms with Gasteiger partial charge in [-0.1, -0.05) is 39.8 Å². The zero-order valence-corrected chi connectivity index (χ0v) is 20.2. The molecule has 0 bridgehead atoms. The average molecular weight is 413 g/mol. The Kier molecular flexibility index (Phi) is 7.36. The van der Waals surface area contributed by atoms with Crippen LogP contribution in [0.2, 0.25) is 18.1 Å². The predicted octanol–water partition coefficient (Wildman–Crippen LogP) is 4.71. The van der Waals surface area contributed by atoms with Crippen molar-refractivity contribution < 1.29 is 23.4 Å². The van der Waals surface area contributed by atoms with E-state index in [0.717, 1.165) is 12.7 Å². The monoisotopic (exact) mass is 412 g/mol. The Morgan fingerprint density at radius 3 is 2.36 bits per heavy atom. The number of aldehydes is 1. The maximum absolute atomic E-state index is 11.3. The summed E-state index contributed by atoms with van der Waals surface area (Å²) in [4.78, 5) is 11.3. The van der Waals surface area contributed by atoms with Crippen molar-refractivity contribution >= 4 is 14.6 Å². The average Bonchev–Trinajstić information content (AvgIpc) is 2.88. The molecule has 0 spiro atoms. The van der Waals surface area contributed by atoms with Gasteiger partial charge in [-0.3, -0.25) is 0 Å². The lowest BCUT2D eigenvalue weighted by molar-refractivity contribution is -0.156. The number of fused-ring (bicyclic) bond motifs is 1. The Morgan fingerprint density at radius 1 is 1.18 bits per heavy atom. The molecule has 0 saturated carbocycles. The molecule has 0 aromatic heterocycles. The summed E-state index contributed by atoms with van der Waals surface area (Å²) < 4.78 is 24.3. The van der Waals surface area contributed by atoms with Crippen LogP contribution in [0.25, 0.3) is 0 Å².